The van der Waals surface area contributed by atoms with E-state index in [9.17, 15) is 9.90 Å². The lowest BCUT2D eigenvalue weighted by Gasteiger charge is -2.23. The maximum absolute atomic E-state index is 11.6. The number of hydrogen-bond donors (Lipinski definition) is 1. The highest BCUT2D eigenvalue weighted by molar-refractivity contribution is 6.34. The van der Waals surface area contributed by atoms with Gasteiger partial charge in [-0.1, -0.05) is 11.6 Å². The largest absolute Gasteiger partial charge is 0.495 e. The molecule has 110 valence electrons. The molecular formula is C13H15ClO6. The van der Waals surface area contributed by atoms with E-state index < -0.39 is 12.1 Å². The van der Waals surface area contributed by atoms with Crippen LogP contribution in [0.25, 0.3) is 0 Å². The first kappa shape index (κ1) is 14.7. The smallest absolute Gasteiger partial charge is 0.339 e. The van der Waals surface area contributed by atoms with Crippen LogP contribution in [0.4, 0.5) is 0 Å². The van der Waals surface area contributed by atoms with E-state index in [1.165, 1.54) is 13.2 Å². The number of aliphatic hydroxyl groups excluding tert-OH is 1. The Hall–Kier alpha value is -1.66. The first-order chi connectivity index (χ1) is 9.60. The van der Waals surface area contributed by atoms with E-state index in [1.54, 1.807) is 6.92 Å². The quantitative estimate of drug-likeness (QED) is 0.854. The van der Waals surface area contributed by atoms with Crippen LogP contribution in [0.2, 0.25) is 5.02 Å². The Labute approximate surface area is 121 Å². The second-order valence-electron chi connectivity index (χ2n) is 3.99. The van der Waals surface area contributed by atoms with Crippen molar-refractivity contribution in [3.8, 4) is 17.2 Å². The Bertz CT molecular complexity index is 516. The van der Waals surface area contributed by atoms with Crippen LogP contribution in [0.5, 0.6) is 17.2 Å². The van der Waals surface area contributed by atoms with Crippen molar-refractivity contribution in [2.24, 2.45) is 0 Å². The van der Waals surface area contributed by atoms with E-state index in [2.05, 4.69) is 0 Å². The highest BCUT2D eigenvalue weighted by Crippen LogP contribution is 2.47. The minimum absolute atomic E-state index is 0.156. The van der Waals surface area contributed by atoms with Crippen molar-refractivity contribution in [2.75, 3.05) is 26.9 Å². The zero-order chi connectivity index (χ0) is 14.7. The van der Waals surface area contributed by atoms with Gasteiger partial charge in [-0.15, -0.1) is 0 Å². The van der Waals surface area contributed by atoms with Crippen molar-refractivity contribution < 1.29 is 28.8 Å². The van der Waals surface area contributed by atoms with Gasteiger partial charge in [-0.2, -0.15) is 0 Å². The number of carbonyl (C=O) groups excluding carboxylic acids is 1. The van der Waals surface area contributed by atoms with Crippen molar-refractivity contribution in [2.45, 2.75) is 13.0 Å². The Morgan fingerprint density at radius 2 is 2.20 bits per heavy atom. The Morgan fingerprint density at radius 3 is 2.85 bits per heavy atom. The van der Waals surface area contributed by atoms with Crippen molar-refractivity contribution in [1.82, 2.24) is 0 Å². The van der Waals surface area contributed by atoms with Gasteiger partial charge in [0.05, 0.1) is 13.7 Å². The topological polar surface area (TPSA) is 74.2 Å². The predicted octanol–water partition coefficient (Wildman–Crippen LogP) is 1.72. The number of hydrogen-bond acceptors (Lipinski definition) is 6. The maximum Gasteiger partial charge on any atom is 0.339 e. The summed E-state index contributed by atoms with van der Waals surface area (Å²) in [5.74, 6) is 0.0880. The zero-order valence-corrected chi connectivity index (χ0v) is 11.9. The fourth-order valence-electron chi connectivity index (χ4n) is 1.91. The fraction of sp³-hybridized carbons (Fsp3) is 0.462. The maximum atomic E-state index is 11.6. The third-order valence-corrected chi connectivity index (χ3v) is 3.11. The van der Waals surface area contributed by atoms with E-state index in [1.807, 2.05) is 0 Å². The van der Waals surface area contributed by atoms with Crippen molar-refractivity contribution in [1.29, 1.82) is 0 Å². The highest BCUT2D eigenvalue weighted by Gasteiger charge is 2.29. The minimum Gasteiger partial charge on any atom is -0.495 e. The van der Waals surface area contributed by atoms with Crippen molar-refractivity contribution in [3.63, 3.8) is 0 Å². The zero-order valence-electron chi connectivity index (χ0n) is 11.1. The second kappa shape index (κ2) is 6.19. The van der Waals surface area contributed by atoms with Gasteiger partial charge < -0.3 is 24.1 Å². The molecule has 0 aromatic heterocycles. The molecule has 1 heterocycles. The van der Waals surface area contributed by atoms with E-state index in [0.717, 1.165) is 0 Å². The van der Waals surface area contributed by atoms with Gasteiger partial charge in [0.1, 0.15) is 24.0 Å². The van der Waals surface area contributed by atoms with E-state index in [4.69, 9.17) is 30.5 Å². The summed E-state index contributed by atoms with van der Waals surface area (Å²) in [4.78, 5) is 11.6. The number of ether oxygens (including phenoxy) is 4. The van der Waals surface area contributed by atoms with Gasteiger partial charge in [0.25, 0.3) is 0 Å². The number of methoxy groups -OCH3 is 1. The van der Waals surface area contributed by atoms with Crippen LogP contribution < -0.4 is 14.2 Å². The first-order valence-corrected chi connectivity index (χ1v) is 6.48. The standard InChI is InChI=1S/C13H15ClO6/c1-3-18-13(16)10(15)7-6-8-12(20-5-4-19-8)9(14)11(7)17-2/h6,10,15H,3-5H2,1-2H3. The molecule has 20 heavy (non-hydrogen) atoms. The molecule has 1 aromatic rings. The van der Waals surface area contributed by atoms with Crippen LogP contribution in [-0.2, 0) is 9.53 Å². The molecule has 0 radical (unpaired) electrons. The number of esters is 1. The van der Waals surface area contributed by atoms with Gasteiger partial charge >= 0.3 is 5.97 Å². The van der Waals surface area contributed by atoms with Gasteiger partial charge in [-0.25, -0.2) is 4.79 Å². The molecule has 1 aromatic carbocycles. The summed E-state index contributed by atoms with van der Waals surface area (Å²) < 4.78 is 20.7. The number of rotatable bonds is 4. The molecule has 7 heteroatoms. The van der Waals surface area contributed by atoms with Gasteiger partial charge in [-0.3, -0.25) is 0 Å². The molecule has 1 aliphatic heterocycles. The molecule has 1 aliphatic rings. The molecule has 6 nitrogen and oxygen atoms in total. The molecule has 0 fully saturated rings. The summed E-state index contributed by atoms with van der Waals surface area (Å²) >= 11 is 6.16. The molecule has 0 bridgehead atoms. The average Bonchev–Trinajstić information content (AvgIpc) is 2.46. The van der Waals surface area contributed by atoms with E-state index in [-0.39, 0.29) is 22.9 Å². The molecule has 0 aliphatic carbocycles. The molecule has 0 saturated carbocycles. The Balaban J connectivity index is 2.46. The number of halogens is 1. The Kier molecular flexibility index (Phi) is 4.57. The van der Waals surface area contributed by atoms with E-state index >= 15 is 0 Å². The SMILES string of the molecule is CCOC(=O)C(O)c1cc2c(c(Cl)c1OC)OCCO2. The highest BCUT2D eigenvalue weighted by atomic mass is 35.5. The monoisotopic (exact) mass is 302 g/mol. The van der Waals surface area contributed by atoms with Gasteiger partial charge in [-0.05, 0) is 13.0 Å². The molecule has 1 N–H and O–H groups in total. The van der Waals surface area contributed by atoms with Crippen LogP contribution >= 0.6 is 11.6 Å². The molecule has 2 rings (SSSR count). The molecule has 0 amide bonds. The summed E-state index contributed by atoms with van der Waals surface area (Å²) in [5.41, 5.74) is 0.181. The summed E-state index contributed by atoms with van der Waals surface area (Å²) in [6.07, 6.45) is -1.50. The van der Waals surface area contributed by atoms with Crippen molar-refractivity contribution in [3.05, 3.63) is 16.7 Å². The number of carbonyl (C=O) groups is 1. The third kappa shape index (κ3) is 2.62. The Morgan fingerprint density at radius 1 is 1.50 bits per heavy atom. The van der Waals surface area contributed by atoms with E-state index in [0.29, 0.717) is 24.7 Å². The normalized spacial score (nSPS) is 14.6. The van der Waals surface area contributed by atoms with Gasteiger partial charge in [0, 0.05) is 5.56 Å². The van der Waals surface area contributed by atoms with Crippen LogP contribution in [-0.4, -0.2) is 38.0 Å². The second-order valence-corrected chi connectivity index (χ2v) is 4.37. The van der Waals surface area contributed by atoms with Crippen LogP contribution in [0.15, 0.2) is 6.07 Å². The number of benzene rings is 1. The average molecular weight is 303 g/mol. The molecule has 1 atom stereocenters. The van der Waals surface area contributed by atoms with Gasteiger partial charge in [0.15, 0.2) is 17.6 Å². The van der Waals surface area contributed by atoms with Crippen LogP contribution in [0.1, 0.15) is 18.6 Å². The third-order valence-electron chi connectivity index (χ3n) is 2.77. The predicted molar refractivity (Wildman–Crippen MR) is 70.6 cm³/mol. The summed E-state index contributed by atoms with van der Waals surface area (Å²) in [5, 5.41) is 10.2. The lowest BCUT2D eigenvalue weighted by Crippen LogP contribution is -2.19. The number of aliphatic hydroxyl groups is 1. The molecule has 1 unspecified atom stereocenters. The summed E-state index contributed by atoms with van der Waals surface area (Å²) in [7, 11) is 1.39. The van der Waals surface area contributed by atoms with Gasteiger partial charge in [0.2, 0.25) is 0 Å². The molecular weight excluding hydrogens is 288 g/mol. The van der Waals surface area contributed by atoms with Crippen molar-refractivity contribution >= 4 is 17.6 Å². The number of fused-ring (bicyclic) bond motifs is 1. The minimum atomic E-state index is -1.50. The van der Waals surface area contributed by atoms with Crippen LogP contribution in [0, 0.1) is 0 Å². The lowest BCUT2D eigenvalue weighted by atomic mass is 10.1. The molecule has 0 spiro atoms. The lowest BCUT2D eigenvalue weighted by molar-refractivity contribution is -0.153. The summed E-state index contributed by atoms with van der Waals surface area (Å²) in [6, 6.07) is 1.47. The van der Waals surface area contributed by atoms with Crippen LogP contribution in [0.3, 0.4) is 0 Å². The first-order valence-electron chi connectivity index (χ1n) is 6.10. The summed E-state index contributed by atoms with van der Waals surface area (Å²) in [6.45, 7) is 2.55. The fourth-order valence-corrected chi connectivity index (χ4v) is 2.24. The molecule has 0 saturated heterocycles.